The number of aliphatic carboxylic acids is 1. The van der Waals surface area contributed by atoms with Crippen LogP contribution < -0.4 is 0 Å². The van der Waals surface area contributed by atoms with Gasteiger partial charge in [0.05, 0.1) is 18.1 Å². The summed E-state index contributed by atoms with van der Waals surface area (Å²) < 4.78 is 0. The largest absolute Gasteiger partial charge is 0.481 e. The highest BCUT2D eigenvalue weighted by atomic mass is 79.9. The summed E-state index contributed by atoms with van der Waals surface area (Å²) in [5.41, 5.74) is 3.18. The average molecular weight is 282 g/mol. The molecule has 0 saturated carbocycles. The lowest BCUT2D eigenvalue weighted by atomic mass is 9.96. The van der Waals surface area contributed by atoms with Crippen molar-refractivity contribution in [1.29, 1.82) is 5.26 Å². The molecular formula is C12H12BrNO2. The first-order valence-electron chi connectivity index (χ1n) is 4.94. The summed E-state index contributed by atoms with van der Waals surface area (Å²) in [4.78, 5) is 10.6. The highest BCUT2D eigenvalue weighted by Crippen LogP contribution is 2.20. The lowest BCUT2D eigenvalue weighted by Gasteiger charge is -2.09. The fourth-order valence-electron chi connectivity index (χ4n) is 1.64. The van der Waals surface area contributed by atoms with Crippen LogP contribution in [0.5, 0.6) is 0 Å². The molecule has 0 radical (unpaired) electrons. The number of hydrogen-bond acceptors (Lipinski definition) is 2. The molecule has 0 fully saturated rings. The molecule has 0 bridgehead atoms. The van der Waals surface area contributed by atoms with Crippen molar-refractivity contribution in [1.82, 2.24) is 0 Å². The Bertz CT molecular complexity index is 424. The minimum Gasteiger partial charge on any atom is -0.481 e. The monoisotopic (exact) mass is 281 g/mol. The molecule has 1 aromatic carbocycles. The smallest absolute Gasteiger partial charge is 0.307 e. The Labute approximate surface area is 103 Å². The predicted octanol–water partition coefficient (Wildman–Crippen LogP) is 2.64. The number of nitrogens with zero attached hydrogens (tertiary/aromatic N) is 1. The van der Waals surface area contributed by atoms with Crippen LogP contribution in [0.2, 0.25) is 0 Å². The maximum absolute atomic E-state index is 10.6. The Morgan fingerprint density at radius 1 is 1.50 bits per heavy atom. The van der Waals surface area contributed by atoms with E-state index in [-0.39, 0.29) is 6.42 Å². The first kappa shape index (κ1) is 12.7. The Morgan fingerprint density at radius 3 is 2.56 bits per heavy atom. The van der Waals surface area contributed by atoms with E-state index in [4.69, 9.17) is 10.4 Å². The molecule has 3 nitrogen and oxygen atoms in total. The molecule has 1 aromatic rings. The summed E-state index contributed by atoms with van der Waals surface area (Å²) >= 11 is 3.31. The van der Waals surface area contributed by atoms with Crippen LogP contribution in [-0.2, 0) is 23.0 Å². The van der Waals surface area contributed by atoms with Crippen molar-refractivity contribution in [2.24, 2.45) is 0 Å². The number of halogens is 1. The standard InChI is InChI=1S/C12H12BrNO2/c1-2-9-3-8(5-12(15)16)4-10(6-13)11(9)7-14/h3-4H,2,5-6H2,1H3,(H,15,16). The molecule has 0 aliphatic carbocycles. The quantitative estimate of drug-likeness (QED) is 0.863. The van der Waals surface area contributed by atoms with Gasteiger partial charge < -0.3 is 5.11 Å². The molecule has 84 valence electrons. The van der Waals surface area contributed by atoms with Crippen molar-refractivity contribution >= 4 is 21.9 Å². The van der Waals surface area contributed by atoms with Gasteiger partial charge in [-0.2, -0.15) is 5.26 Å². The summed E-state index contributed by atoms with van der Waals surface area (Å²) in [5.74, 6) is -0.854. The second-order valence-corrected chi connectivity index (χ2v) is 4.02. The van der Waals surface area contributed by atoms with E-state index in [0.717, 1.165) is 23.1 Å². The highest BCUT2D eigenvalue weighted by Gasteiger charge is 2.10. The van der Waals surface area contributed by atoms with Crippen molar-refractivity contribution in [3.8, 4) is 6.07 Å². The van der Waals surface area contributed by atoms with Crippen LogP contribution >= 0.6 is 15.9 Å². The minimum absolute atomic E-state index is 0.00128. The van der Waals surface area contributed by atoms with Gasteiger partial charge in [-0.05, 0) is 23.1 Å². The summed E-state index contributed by atoms with van der Waals surface area (Å²) in [5, 5.41) is 18.4. The number of carbonyl (C=O) groups is 1. The first-order chi connectivity index (χ1) is 7.62. The lowest BCUT2D eigenvalue weighted by molar-refractivity contribution is -0.136. The van der Waals surface area contributed by atoms with Crippen molar-refractivity contribution in [2.45, 2.75) is 25.1 Å². The van der Waals surface area contributed by atoms with Gasteiger partial charge in [0.25, 0.3) is 0 Å². The second-order valence-electron chi connectivity index (χ2n) is 3.46. The van der Waals surface area contributed by atoms with Gasteiger partial charge in [-0.25, -0.2) is 0 Å². The van der Waals surface area contributed by atoms with E-state index in [1.165, 1.54) is 0 Å². The molecule has 0 spiro atoms. The van der Waals surface area contributed by atoms with E-state index in [9.17, 15) is 4.79 Å². The zero-order valence-electron chi connectivity index (χ0n) is 8.96. The predicted molar refractivity (Wildman–Crippen MR) is 64.5 cm³/mol. The van der Waals surface area contributed by atoms with Gasteiger partial charge in [-0.1, -0.05) is 35.0 Å². The average Bonchev–Trinajstić information content (AvgIpc) is 2.26. The number of hydrogen-bond donors (Lipinski definition) is 1. The van der Waals surface area contributed by atoms with E-state index >= 15 is 0 Å². The number of carboxylic acid groups (broad SMARTS) is 1. The molecule has 0 aromatic heterocycles. The third-order valence-electron chi connectivity index (χ3n) is 2.35. The van der Waals surface area contributed by atoms with Crippen LogP contribution in [-0.4, -0.2) is 11.1 Å². The molecular weight excluding hydrogens is 270 g/mol. The summed E-state index contributed by atoms with van der Waals surface area (Å²) in [6, 6.07) is 5.75. The van der Waals surface area contributed by atoms with Gasteiger partial charge in [-0.15, -0.1) is 0 Å². The maximum atomic E-state index is 10.6. The van der Waals surface area contributed by atoms with Crippen LogP contribution in [0.15, 0.2) is 12.1 Å². The Kier molecular flexibility index (Phi) is 4.51. The second kappa shape index (κ2) is 5.66. The molecule has 1 rings (SSSR count). The van der Waals surface area contributed by atoms with Crippen molar-refractivity contribution < 1.29 is 9.90 Å². The van der Waals surface area contributed by atoms with Crippen LogP contribution in [0, 0.1) is 11.3 Å². The molecule has 0 unspecified atom stereocenters. The van der Waals surface area contributed by atoms with E-state index in [1.54, 1.807) is 12.1 Å². The topological polar surface area (TPSA) is 61.1 Å². The highest BCUT2D eigenvalue weighted by molar-refractivity contribution is 9.08. The SMILES string of the molecule is CCc1cc(CC(=O)O)cc(CBr)c1C#N. The molecule has 1 N–H and O–H groups in total. The normalized spacial score (nSPS) is 9.81. The fraction of sp³-hybridized carbons (Fsp3) is 0.333. The molecule has 0 aliphatic rings. The molecule has 0 aliphatic heterocycles. The molecule has 0 heterocycles. The third kappa shape index (κ3) is 2.83. The van der Waals surface area contributed by atoms with Gasteiger partial charge >= 0.3 is 5.97 Å². The lowest BCUT2D eigenvalue weighted by Crippen LogP contribution is -2.03. The zero-order chi connectivity index (χ0) is 12.1. The van der Waals surface area contributed by atoms with Crippen LogP contribution in [0.25, 0.3) is 0 Å². The fourth-order valence-corrected chi connectivity index (χ4v) is 2.09. The molecule has 4 heteroatoms. The first-order valence-corrected chi connectivity index (χ1v) is 6.07. The van der Waals surface area contributed by atoms with E-state index < -0.39 is 5.97 Å². The van der Waals surface area contributed by atoms with E-state index in [2.05, 4.69) is 22.0 Å². The van der Waals surface area contributed by atoms with Crippen LogP contribution in [0.4, 0.5) is 0 Å². The Morgan fingerprint density at radius 2 is 2.12 bits per heavy atom. The summed E-state index contributed by atoms with van der Waals surface area (Å²) in [6.45, 7) is 1.96. The van der Waals surface area contributed by atoms with Crippen molar-refractivity contribution in [3.05, 3.63) is 34.4 Å². The van der Waals surface area contributed by atoms with Crippen LogP contribution in [0.3, 0.4) is 0 Å². The van der Waals surface area contributed by atoms with Gasteiger partial charge in [0.2, 0.25) is 0 Å². The number of rotatable bonds is 4. The van der Waals surface area contributed by atoms with Crippen molar-refractivity contribution in [2.75, 3.05) is 0 Å². The number of benzene rings is 1. The molecule has 0 saturated heterocycles. The minimum atomic E-state index is -0.854. The number of nitriles is 1. The molecule has 16 heavy (non-hydrogen) atoms. The van der Waals surface area contributed by atoms with Gasteiger partial charge in [-0.3, -0.25) is 4.79 Å². The summed E-state index contributed by atoms with van der Waals surface area (Å²) in [7, 11) is 0. The Hall–Kier alpha value is -1.34. The Balaban J connectivity index is 3.27. The third-order valence-corrected chi connectivity index (χ3v) is 2.96. The number of aryl methyl sites for hydroxylation is 1. The zero-order valence-corrected chi connectivity index (χ0v) is 10.5. The van der Waals surface area contributed by atoms with Crippen molar-refractivity contribution in [3.63, 3.8) is 0 Å². The van der Waals surface area contributed by atoms with E-state index in [0.29, 0.717) is 10.9 Å². The van der Waals surface area contributed by atoms with Crippen LogP contribution in [0.1, 0.15) is 29.2 Å². The number of carboxylic acids is 1. The van der Waals surface area contributed by atoms with Gasteiger partial charge in [0.1, 0.15) is 0 Å². The van der Waals surface area contributed by atoms with Gasteiger partial charge in [0.15, 0.2) is 0 Å². The number of alkyl halides is 1. The maximum Gasteiger partial charge on any atom is 0.307 e. The van der Waals surface area contributed by atoms with Gasteiger partial charge in [0, 0.05) is 5.33 Å². The van der Waals surface area contributed by atoms with E-state index in [1.807, 2.05) is 6.92 Å². The summed E-state index contributed by atoms with van der Waals surface area (Å²) in [6.07, 6.45) is 0.731. The molecule has 0 atom stereocenters. The molecule has 0 amide bonds.